The number of aromatic nitrogens is 2. The molecular weight excluding hydrogens is 257 g/mol. The summed E-state index contributed by atoms with van der Waals surface area (Å²) in [6.07, 6.45) is -4.48. The summed E-state index contributed by atoms with van der Waals surface area (Å²) in [4.78, 5) is 0. The Balaban J connectivity index is 2.50. The van der Waals surface area contributed by atoms with Crippen LogP contribution in [0.4, 0.5) is 13.2 Å². The van der Waals surface area contributed by atoms with Crippen molar-refractivity contribution in [1.29, 1.82) is 5.41 Å². The molecule has 0 saturated carbocycles. The predicted molar refractivity (Wildman–Crippen MR) is 64.3 cm³/mol. The number of rotatable bonds is 2. The van der Waals surface area contributed by atoms with E-state index in [1.807, 2.05) is 0 Å². The summed E-state index contributed by atoms with van der Waals surface area (Å²) in [5.74, 6) is -0.150. The molecular formula is C12H11F3N4. The number of nitrogen functional groups attached to an aromatic ring is 1. The third-order valence-electron chi connectivity index (χ3n) is 2.58. The zero-order valence-electron chi connectivity index (χ0n) is 9.99. The third-order valence-corrected chi connectivity index (χ3v) is 2.58. The number of alkyl halides is 3. The minimum absolute atomic E-state index is 0.150. The Kier molecular flexibility index (Phi) is 3.05. The van der Waals surface area contributed by atoms with Gasteiger partial charge < -0.3 is 5.73 Å². The van der Waals surface area contributed by atoms with Gasteiger partial charge >= 0.3 is 6.18 Å². The van der Waals surface area contributed by atoms with Gasteiger partial charge in [0.2, 0.25) is 0 Å². The van der Waals surface area contributed by atoms with E-state index in [1.165, 1.54) is 17.7 Å². The lowest BCUT2D eigenvalue weighted by atomic mass is 10.2. The first kappa shape index (κ1) is 13.1. The molecule has 0 bridgehead atoms. The summed E-state index contributed by atoms with van der Waals surface area (Å²) in [5.41, 5.74) is 5.62. The van der Waals surface area contributed by atoms with Crippen LogP contribution >= 0.6 is 0 Å². The van der Waals surface area contributed by atoms with E-state index in [2.05, 4.69) is 5.10 Å². The van der Waals surface area contributed by atoms with Gasteiger partial charge in [0.25, 0.3) is 0 Å². The van der Waals surface area contributed by atoms with Gasteiger partial charge in [-0.25, -0.2) is 4.68 Å². The molecule has 0 radical (unpaired) electrons. The molecule has 0 aliphatic carbocycles. The lowest BCUT2D eigenvalue weighted by Gasteiger charge is -2.06. The van der Waals surface area contributed by atoms with Crippen LogP contribution in [0.1, 0.15) is 17.0 Å². The zero-order chi connectivity index (χ0) is 14.2. The fourth-order valence-corrected chi connectivity index (χ4v) is 1.68. The molecule has 0 atom stereocenters. The van der Waals surface area contributed by atoms with Gasteiger partial charge in [-0.15, -0.1) is 0 Å². The largest absolute Gasteiger partial charge is 0.435 e. The fourth-order valence-electron chi connectivity index (χ4n) is 1.68. The lowest BCUT2D eigenvalue weighted by Crippen LogP contribution is -2.12. The summed E-state index contributed by atoms with van der Waals surface area (Å²) in [7, 11) is 0. The van der Waals surface area contributed by atoms with Crippen LogP contribution in [0, 0.1) is 12.3 Å². The first-order valence-electron chi connectivity index (χ1n) is 5.38. The Morgan fingerprint density at radius 1 is 1.32 bits per heavy atom. The Morgan fingerprint density at radius 3 is 2.53 bits per heavy atom. The fraction of sp³-hybridized carbons (Fsp3) is 0.167. The van der Waals surface area contributed by atoms with Crippen LogP contribution in [0.15, 0.2) is 30.3 Å². The molecule has 1 aromatic carbocycles. The monoisotopic (exact) mass is 268 g/mol. The van der Waals surface area contributed by atoms with E-state index in [9.17, 15) is 13.2 Å². The van der Waals surface area contributed by atoms with Crippen molar-refractivity contribution in [2.45, 2.75) is 13.1 Å². The van der Waals surface area contributed by atoms with Crippen molar-refractivity contribution in [3.63, 3.8) is 0 Å². The van der Waals surface area contributed by atoms with E-state index in [1.54, 1.807) is 18.2 Å². The second-order valence-corrected chi connectivity index (χ2v) is 4.04. The van der Waals surface area contributed by atoms with Crippen LogP contribution in [0.2, 0.25) is 0 Å². The topological polar surface area (TPSA) is 67.7 Å². The van der Waals surface area contributed by atoms with Crippen LogP contribution in [0.25, 0.3) is 5.69 Å². The SMILES string of the molecule is Cc1cc(C(F)(F)F)nn1-c1cccc(C(=N)N)c1. The smallest absolute Gasteiger partial charge is 0.384 e. The third kappa shape index (κ3) is 2.59. The van der Waals surface area contributed by atoms with Crippen molar-refractivity contribution in [3.05, 3.63) is 47.3 Å². The molecule has 0 fully saturated rings. The molecule has 0 aliphatic heterocycles. The van der Waals surface area contributed by atoms with Gasteiger partial charge in [-0.3, -0.25) is 5.41 Å². The molecule has 0 unspecified atom stereocenters. The Hall–Kier alpha value is -2.31. The highest BCUT2D eigenvalue weighted by atomic mass is 19.4. The molecule has 100 valence electrons. The second kappa shape index (κ2) is 4.42. The summed E-state index contributed by atoms with van der Waals surface area (Å²) >= 11 is 0. The van der Waals surface area contributed by atoms with Gasteiger partial charge in [-0.1, -0.05) is 12.1 Å². The maximum Gasteiger partial charge on any atom is 0.435 e. The Bertz CT molecular complexity index is 628. The van der Waals surface area contributed by atoms with Gasteiger partial charge in [-0.2, -0.15) is 18.3 Å². The molecule has 1 aromatic heterocycles. The minimum atomic E-state index is -4.48. The zero-order valence-corrected chi connectivity index (χ0v) is 9.99. The van der Waals surface area contributed by atoms with Gasteiger partial charge in [0.15, 0.2) is 5.69 Å². The highest BCUT2D eigenvalue weighted by Crippen LogP contribution is 2.29. The lowest BCUT2D eigenvalue weighted by molar-refractivity contribution is -0.141. The molecule has 19 heavy (non-hydrogen) atoms. The van der Waals surface area contributed by atoms with Gasteiger partial charge in [-0.05, 0) is 25.1 Å². The number of aryl methyl sites for hydroxylation is 1. The van der Waals surface area contributed by atoms with Crippen LogP contribution in [0.3, 0.4) is 0 Å². The number of nitrogens with two attached hydrogens (primary N) is 1. The van der Waals surface area contributed by atoms with Crippen LogP contribution in [-0.4, -0.2) is 15.6 Å². The van der Waals surface area contributed by atoms with Crippen molar-refractivity contribution in [2.75, 3.05) is 0 Å². The van der Waals surface area contributed by atoms with E-state index in [-0.39, 0.29) is 5.84 Å². The predicted octanol–water partition coefficient (Wildman–Crippen LogP) is 2.48. The van der Waals surface area contributed by atoms with E-state index < -0.39 is 11.9 Å². The quantitative estimate of drug-likeness (QED) is 0.649. The highest BCUT2D eigenvalue weighted by molar-refractivity contribution is 5.95. The first-order chi connectivity index (χ1) is 8.79. The van der Waals surface area contributed by atoms with Crippen molar-refractivity contribution in [2.24, 2.45) is 5.73 Å². The van der Waals surface area contributed by atoms with Crippen LogP contribution in [0.5, 0.6) is 0 Å². The molecule has 4 nitrogen and oxygen atoms in total. The van der Waals surface area contributed by atoms with Crippen molar-refractivity contribution in [3.8, 4) is 5.69 Å². The number of nitrogens with zero attached hydrogens (tertiary/aromatic N) is 2. The average Bonchev–Trinajstić information content (AvgIpc) is 2.71. The average molecular weight is 268 g/mol. The molecule has 7 heteroatoms. The van der Waals surface area contributed by atoms with Gasteiger partial charge in [0.05, 0.1) is 5.69 Å². The molecule has 0 spiro atoms. The van der Waals surface area contributed by atoms with Crippen molar-refractivity contribution in [1.82, 2.24) is 9.78 Å². The van der Waals surface area contributed by atoms with E-state index in [0.29, 0.717) is 16.9 Å². The summed E-state index contributed by atoms with van der Waals surface area (Å²) < 4.78 is 38.9. The molecule has 3 N–H and O–H groups in total. The Morgan fingerprint density at radius 2 is 2.00 bits per heavy atom. The molecule has 0 aliphatic rings. The number of hydrogen-bond donors (Lipinski definition) is 2. The molecule has 2 aromatic rings. The molecule has 2 rings (SSSR count). The van der Waals surface area contributed by atoms with E-state index in [4.69, 9.17) is 11.1 Å². The van der Waals surface area contributed by atoms with E-state index in [0.717, 1.165) is 6.07 Å². The van der Waals surface area contributed by atoms with Crippen LogP contribution in [-0.2, 0) is 6.18 Å². The van der Waals surface area contributed by atoms with Crippen LogP contribution < -0.4 is 5.73 Å². The number of halogens is 3. The van der Waals surface area contributed by atoms with Crippen molar-refractivity contribution < 1.29 is 13.2 Å². The maximum atomic E-state index is 12.6. The Labute approximate surface area is 107 Å². The van der Waals surface area contributed by atoms with Crippen molar-refractivity contribution >= 4 is 5.84 Å². The molecule has 0 saturated heterocycles. The standard InChI is InChI=1S/C12H11F3N4/c1-7-5-10(12(13,14)15)18-19(7)9-4-2-3-8(6-9)11(16)17/h2-6H,1H3,(H3,16,17). The summed E-state index contributed by atoms with van der Waals surface area (Å²) in [5, 5.41) is 10.9. The van der Waals surface area contributed by atoms with E-state index >= 15 is 0 Å². The number of benzene rings is 1. The van der Waals surface area contributed by atoms with Gasteiger partial charge in [0, 0.05) is 11.3 Å². The summed E-state index contributed by atoms with van der Waals surface area (Å²) in [6, 6.07) is 7.31. The molecule has 0 amide bonds. The number of amidine groups is 1. The first-order valence-corrected chi connectivity index (χ1v) is 5.38. The van der Waals surface area contributed by atoms with Gasteiger partial charge in [0.1, 0.15) is 5.84 Å². The normalized spacial score (nSPS) is 11.6. The maximum absolute atomic E-state index is 12.6. The highest BCUT2D eigenvalue weighted by Gasteiger charge is 2.34. The molecule has 1 heterocycles. The number of nitrogens with one attached hydrogen (secondary N) is 1. The second-order valence-electron chi connectivity index (χ2n) is 4.04. The number of hydrogen-bond acceptors (Lipinski definition) is 2. The minimum Gasteiger partial charge on any atom is -0.384 e. The summed E-state index contributed by atoms with van der Waals surface area (Å²) in [6.45, 7) is 1.53.